The van der Waals surface area contributed by atoms with E-state index in [1.807, 2.05) is 44.2 Å². The van der Waals surface area contributed by atoms with Gasteiger partial charge >= 0.3 is 43.7 Å². The first-order chi connectivity index (χ1) is 55.6. The van der Waals surface area contributed by atoms with Gasteiger partial charge in [0.2, 0.25) is 25.5 Å². The zero-order valence-corrected chi connectivity index (χ0v) is 73.5. The van der Waals surface area contributed by atoms with Crippen molar-refractivity contribution >= 4 is 49.6 Å². The third-order valence-corrected chi connectivity index (χ3v) is 24.2. The van der Waals surface area contributed by atoms with Gasteiger partial charge in [0.05, 0.1) is 102 Å². The Bertz CT molecular complexity index is 2730. The van der Waals surface area contributed by atoms with E-state index in [9.17, 15) is 19.2 Å². The van der Waals surface area contributed by atoms with Crippen LogP contribution in [0.2, 0.25) is 0 Å². The molecule has 3 saturated heterocycles. The minimum absolute atomic E-state index is 0.00883. The van der Waals surface area contributed by atoms with Crippen LogP contribution in [0.25, 0.3) is 14.5 Å². The van der Waals surface area contributed by atoms with Crippen LogP contribution in [0.15, 0.2) is 30.3 Å². The van der Waals surface area contributed by atoms with Crippen LogP contribution in [0.4, 0.5) is 0 Å². The van der Waals surface area contributed by atoms with E-state index in [0.717, 1.165) is 82.6 Å². The van der Waals surface area contributed by atoms with Crippen LogP contribution >= 0.6 is 25.8 Å². The van der Waals surface area contributed by atoms with E-state index >= 15 is 0 Å². The van der Waals surface area contributed by atoms with Gasteiger partial charge in [0.25, 0.3) is 0 Å². The number of nitrogens with zero attached hydrogens (tertiary/aromatic N) is 3. The Kier molecular flexibility index (Phi) is 57.6. The van der Waals surface area contributed by atoms with E-state index in [0.29, 0.717) is 97.2 Å². The predicted molar refractivity (Wildman–Crippen MR) is 434 cm³/mol. The summed E-state index contributed by atoms with van der Waals surface area (Å²) in [7, 11) is -5.22. The molecule has 1 amide bonds. The van der Waals surface area contributed by atoms with Gasteiger partial charge in [0, 0.05) is 79.2 Å². The number of amides is 1. The Morgan fingerprint density at radius 1 is 0.365 bits per heavy atom. The molecule has 1 aromatic rings. The fourth-order valence-corrected chi connectivity index (χ4v) is 15.9. The molecule has 4 rings (SSSR count). The van der Waals surface area contributed by atoms with Crippen LogP contribution in [0.5, 0.6) is 0 Å². The summed E-state index contributed by atoms with van der Waals surface area (Å²) in [5.41, 5.74) is 0.198. The lowest BCUT2D eigenvalue weighted by Crippen LogP contribution is -2.58. The number of ether oxygens (including phenoxy) is 13. The Morgan fingerprint density at radius 3 is 1.01 bits per heavy atom. The smallest absolute Gasteiger partial charge is 0.332 e. The molecule has 0 radical (unpaired) electrons. The van der Waals surface area contributed by atoms with Gasteiger partial charge in [-0.05, 0) is 98.9 Å². The third kappa shape index (κ3) is 45.5. The fraction of sp³-hybridized carbons (Fsp3) is 0.841. The molecule has 9 unspecified atom stereocenters. The maximum absolute atomic E-state index is 12.2. The van der Waals surface area contributed by atoms with Gasteiger partial charge in [0.1, 0.15) is 39.6 Å². The second-order valence-corrected chi connectivity index (χ2v) is 33.7. The maximum Gasteiger partial charge on any atom is 0.332 e. The van der Waals surface area contributed by atoms with Gasteiger partial charge in [0.15, 0.2) is 18.9 Å². The van der Waals surface area contributed by atoms with Crippen molar-refractivity contribution in [2.24, 2.45) is 52.8 Å². The molecule has 0 saturated carbocycles. The standard InChI is InChI=1S/C82H139N4O26P3/c1-62-64(3)75(55-98-71(10)88)110-79(68(62)7)95-42-25-16-19-28-45-101-113(107-51-36-83-13)104-48-31-39-91-58-82(61-94-54-74-34-23-22-24-35-74,59-92-40-32-49-105-114(108-52-37-84-14)102-46-29-20-17-26-43-96-80-69(8)63(2)65(4)76(111-80)56-99-72(11)89)60-93-41-33-50-106-115(109-53-38-85-15)103-47-30-21-18-27-44-97-81-78(86-70(9)87)67(6)66(5)77(112-81)57-100-73(12)90/h22-24,34-35,62-69,75-81H,16-21,25-33,36-61H2,1-12H3,(H,86,87)/t62-,63-,64+,65+,66+,67-,68?,69?,75?,76?,77?,78?,79+,80+,81+,82?,113?,114?,115?/m0/s1. The molecule has 18 atom stereocenters. The molecule has 30 nitrogen and oxygen atoms in total. The molecule has 3 aliphatic rings. The quantitative estimate of drug-likeness (QED) is 0.0208. The monoisotopic (exact) mass is 1690 g/mol. The van der Waals surface area contributed by atoms with E-state index in [4.69, 9.17) is 122 Å². The van der Waals surface area contributed by atoms with Gasteiger partial charge in [-0.1, -0.05) is 124 Å². The number of hydrogen-bond donors (Lipinski definition) is 1. The number of rotatable bonds is 68. The highest BCUT2D eigenvalue weighted by Crippen LogP contribution is 2.43. The Labute approximate surface area is 690 Å². The lowest BCUT2D eigenvalue weighted by Gasteiger charge is -2.44. The summed E-state index contributed by atoms with van der Waals surface area (Å²) in [6.07, 6.45) is 9.30. The lowest BCUT2D eigenvalue weighted by molar-refractivity contribution is -0.255. The number of unbranched alkanes of at least 4 members (excludes halogenated alkanes) is 9. The van der Waals surface area contributed by atoms with E-state index in [1.54, 1.807) is 0 Å². The average Bonchev–Trinajstić information content (AvgIpc) is 0.817. The fourth-order valence-electron chi connectivity index (χ4n) is 12.9. The molecule has 3 heterocycles. The molecule has 1 N–H and O–H groups in total. The first kappa shape index (κ1) is 103. The summed E-state index contributed by atoms with van der Waals surface area (Å²) in [5, 5.41) is 2.99. The molecular formula is C82H139N4O26P3. The number of benzene rings is 1. The first-order valence-electron chi connectivity index (χ1n) is 41.5. The minimum Gasteiger partial charge on any atom is -0.463 e. The number of esters is 3. The molecule has 3 aliphatic heterocycles. The van der Waals surface area contributed by atoms with Crippen LogP contribution in [-0.2, 0) is 128 Å². The van der Waals surface area contributed by atoms with Crippen molar-refractivity contribution in [1.29, 1.82) is 0 Å². The normalized spacial score (nSPS) is 24.8. The van der Waals surface area contributed by atoms with Crippen molar-refractivity contribution in [3.8, 4) is 0 Å². The first-order valence-corrected chi connectivity index (χ1v) is 44.8. The average molecular weight is 1690 g/mol. The zero-order chi connectivity index (χ0) is 83.7. The Morgan fingerprint density at radius 2 is 0.670 bits per heavy atom. The number of nitrogens with one attached hydrogen (secondary N) is 1. The van der Waals surface area contributed by atoms with Gasteiger partial charge < -0.3 is 122 Å². The van der Waals surface area contributed by atoms with Crippen LogP contribution in [0, 0.1) is 72.5 Å². The van der Waals surface area contributed by atoms with Crippen LogP contribution in [0.1, 0.15) is 185 Å². The molecule has 0 aliphatic carbocycles. The van der Waals surface area contributed by atoms with E-state index in [1.165, 1.54) is 27.7 Å². The predicted octanol–water partition coefficient (Wildman–Crippen LogP) is 15.2. The van der Waals surface area contributed by atoms with Gasteiger partial charge in [-0.25, -0.2) is 19.7 Å². The Hall–Kier alpha value is -3.90. The van der Waals surface area contributed by atoms with Crippen molar-refractivity contribution in [2.45, 2.75) is 229 Å². The SMILES string of the molecule is [C-]#[N+]CCOP(OCCCCCCO[C@@H]1OC(COC(C)=O)[C@H](C)[C@H](C)C1C)OCCCOCC(COCCCOP(OCCCCCCO[C@@H]1OC(COC(C)=O)[C@H](C)[C@H](C)C1C)OCC[N+]#[C-])(COCCCOP(OCCCCCCO[C@@H]1OC(COC(C)=O)[C@H](C)[C@H](C)C1NC(C)=O)OCC[N+]#[C-])COCc1ccccc1. The molecule has 0 spiro atoms. The van der Waals surface area contributed by atoms with E-state index < -0.39 is 37.5 Å². The molecule has 3 fully saturated rings. The van der Waals surface area contributed by atoms with E-state index in [-0.39, 0.29) is 202 Å². The molecule has 0 aromatic heterocycles. The highest BCUT2D eigenvalue weighted by molar-refractivity contribution is 7.42. The zero-order valence-electron chi connectivity index (χ0n) is 70.8. The summed E-state index contributed by atoms with van der Waals surface area (Å²) in [5.74, 6) is 0.306. The van der Waals surface area contributed by atoms with Crippen molar-refractivity contribution < 1.29 is 121 Å². The van der Waals surface area contributed by atoms with Gasteiger partial charge in [-0.15, -0.1) is 0 Å². The lowest BCUT2D eigenvalue weighted by atomic mass is 9.79. The summed E-state index contributed by atoms with van der Waals surface area (Å²) in [4.78, 5) is 57.1. The minimum atomic E-state index is -1.76. The molecule has 1 aromatic carbocycles. The highest BCUT2D eigenvalue weighted by atomic mass is 31.2. The molecular weight excluding hydrogens is 1550 g/mol. The molecule has 0 bridgehead atoms. The van der Waals surface area contributed by atoms with E-state index in [2.05, 4.69) is 61.4 Å². The summed E-state index contributed by atoms with van der Waals surface area (Å²) >= 11 is 0. The number of carbonyl (C=O) groups excluding carboxylic acids is 4. The van der Waals surface area contributed by atoms with Gasteiger partial charge in [-0.3, -0.25) is 19.2 Å². The van der Waals surface area contributed by atoms with Crippen LogP contribution in [-0.4, -0.2) is 232 Å². The Balaban J connectivity index is 1.33. The largest absolute Gasteiger partial charge is 0.463 e. The van der Waals surface area contributed by atoms with Crippen molar-refractivity contribution in [3.05, 3.63) is 70.1 Å². The van der Waals surface area contributed by atoms with Crippen LogP contribution < -0.4 is 5.32 Å². The maximum atomic E-state index is 12.2. The highest BCUT2D eigenvalue weighted by Gasteiger charge is 2.44. The third-order valence-electron chi connectivity index (χ3n) is 20.7. The summed E-state index contributed by atoms with van der Waals surface area (Å²) in [6.45, 7) is 51.7. The van der Waals surface area contributed by atoms with Crippen molar-refractivity contribution in [1.82, 2.24) is 5.32 Å². The van der Waals surface area contributed by atoms with Crippen molar-refractivity contribution in [3.63, 3.8) is 0 Å². The molecule has 658 valence electrons. The second kappa shape index (κ2) is 64.0. The summed E-state index contributed by atoms with van der Waals surface area (Å²) in [6, 6.07) is 9.54. The summed E-state index contributed by atoms with van der Waals surface area (Å²) < 4.78 is 134. The number of hydrogen-bond acceptors (Lipinski definition) is 26. The molecule has 33 heteroatoms. The van der Waals surface area contributed by atoms with Gasteiger partial charge in [-0.2, -0.15) is 0 Å². The van der Waals surface area contributed by atoms with Crippen molar-refractivity contribution in [2.75, 3.05) is 165 Å². The number of carbonyl (C=O) groups is 4. The van der Waals surface area contributed by atoms with Crippen LogP contribution in [0.3, 0.4) is 0 Å². The second-order valence-electron chi connectivity index (χ2n) is 30.0. The molecule has 115 heavy (non-hydrogen) atoms. The topological polar surface area (TPSA) is 296 Å².